The van der Waals surface area contributed by atoms with Gasteiger partial charge in [0, 0.05) is 6.20 Å². The largest absolute Gasteiger partial charge is 0.277 e. The molecule has 0 saturated carbocycles. The fourth-order valence-electron chi connectivity index (χ4n) is 2.21. The maximum Gasteiger partial charge on any atom is 0.164 e. The van der Waals surface area contributed by atoms with E-state index in [0.29, 0.717) is 17.0 Å². The summed E-state index contributed by atoms with van der Waals surface area (Å²) < 4.78 is 15.8. The highest BCUT2D eigenvalue weighted by molar-refractivity contribution is 6.16. The first kappa shape index (κ1) is 13.5. The number of imidazole rings is 1. The molecule has 0 bridgehead atoms. The first-order chi connectivity index (χ1) is 10.1. The normalized spacial score (nSPS) is 10.8. The number of rotatable bonds is 2. The molecule has 0 saturated heterocycles. The molecule has 104 valence electrons. The van der Waals surface area contributed by atoms with Crippen molar-refractivity contribution >= 4 is 22.8 Å². The molecule has 3 aromatic rings. The standard InChI is InChI=1S/C15H10ClFN4/c1-9-4-12-15(19-8-9)21(14(6-16)20-12)13-3-2-10(7-18)5-11(13)17/h2-5,8H,6H2,1H3. The quantitative estimate of drug-likeness (QED) is 0.681. The van der Waals surface area contributed by atoms with Gasteiger partial charge in [0.05, 0.1) is 23.2 Å². The van der Waals surface area contributed by atoms with Crippen LogP contribution < -0.4 is 0 Å². The zero-order chi connectivity index (χ0) is 15.0. The molecule has 0 aliphatic heterocycles. The lowest BCUT2D eigenvalue weighted by Gasteiger charge is -2.08. The van der Waals surface area contributed by atoms with E-state index >= 15 is 0 Å². The van der Waals surface area contributed by atoms with Gasteiger partial charge in [-0.15, -0.1) is 11.6 Å². The van der Waals surface area contributed by atoms with Crippen molar-refractivity contribution < 1.29 is 4.39 Å². The lowest BCUT2D eigenvalue weighted by Crippen LogP contribution is -2.03. The lowest BCUT2D eigenvalue weighted by atomic mass is 10.2. The zero-order valence-electron chi connectivity index (χ0n) is 11.1. The molecule has 1 aromatic carbocycles. The Balaban J connectivity index is 2.31. The van der Waals surface area contributed by atoms with Crippen molar-refractivity contribution in [2.24, 2.45) is 0 Å². The van der Waals surface area contributed by atoms with Crippen molar-refractivity contribution in [3.8, 4) is 11.8 Å². The number of pyridine rings is 1. The third-order valence-corrected chi connectivity index (χ3v) is 3.38. The third-order valence-electron chi connectivity index (χ3n) is 3.14. The monoisotopic (exact) mass is 300 g/mol. The first-order valence-corrected chi connectivity index (χ1v) is 6.77. The van der Waals surface area contributed by atoms with Crippen LogP contribution in [0.1, 0.15) is 17.0 Å². The zero-order valence-corrected chi connectivity index (χ0v) is 11.9. The number of nitriles is 1. The van der Waals surface area contributed by atoms with Crippen LogP contribution >= 0.6 is 11.6 Å². The van der Waals surface area contributed by atoms with E-state index in [9.17, 15) is 4.39 Å². The maximum absolute atomic E-state index is 14.3. The molecule has 0 amide bonds. The Hall–Kier alpha value is -2.45. The number of aryl methyl sites for hydroxylation is 1. The van der Waals surface area contributed by atoms with Gasteiger partial charge in [-0.25, -0.2) is 14.4 Å². The van der Waals surface area contributed by atoms with E-state index in [-0.39, 0.29) is 17.1 Å². The van der Waals surface area contributed by atoms with Crippen LogP contribution in [0.2, 0.25) is 0 Å². The molecule has 0 aliphatic rings. The smallest absolute Gasteiger partial charge is 0.164 e. The summed E-state index contributed by atoms with van der Waals surface area (Å²) in [6, 6.07) is 8.05. The van der Waals surface area contributed by atoms with Crippen LogP contribution in [0.25, 0.3) is 16.9 Å². The second kappa shape index (κ2) is 5.15. The molecule has 0 spiro atoms. The van der Waals surface area contributed by atoms with Gasteiger partial charge in [0.25, 0.3) is 0 Å². The molecule has 3 rings (SSSR count). The third kappa shape index (κ3) is 2.24. The fraction of sp³-hybridized carbons (Fsp3) is 0.133. The summed E-state index contributed by atoms with van der Waals surface area (Å²) in [5.74, 6) is 0.130. The summed E-state index contributed by atoms with van der Waals surface area (Å²) in [4.78, 5) is 8.71. The number of alkyl halides is 1. The topological polar surface area (TPSA) is 54.5 Å². The van der Waals surface area contributed by atoms with E-state index in [0.717, 1.165) is 5.56 Å². The van der Waals surface area contributed by atoms with Gasteiger partial charge in [0.15, 0.2) is 5.65 Å². The number of hydrogen-bond donors (Lipinski definition) is 0. The van der Waals surface area contributed by atoms with Gasteiger partial charge in [0.1, 0.15) is 17.2 Å². The van der Waals surface area contributed by atoms with E-state index in [1.165, 1.54) is 12.1 Å². The first-order valence-electron chi connectivity index (χ1n) is 6.24. The fourth-order valence-corrected chi connectivity index (χ4v) is 2.39. The number of aromatic nitrogens is 3. The van der Waals surface area contributed by atoms with Gasteiger partial charge in [-0.05, 0) is 36.8 Å². The highest BCUT2D eigenvalue weighted by Gasteiger charge is 2.16. The highest BCUT2D eigenvalue weighted by Crippen LogP contribution is 2.24. The minimum absolute atomic E-state index is 0.134. The predicted molar refractivity (Wildman–Crippen MR) is 77.8 cm³/mol. The van der Waals surface area contributed by atoms with Gasteiger partial charge >= 0.3 is 0 Å². The van der Waals surface area contributed by atoms with Crippen molar-refractivity contribution in [1.82, 2.24) is 14.5 Å². The second-order valence-electron chi connectivity index (χ2n) is 4.63. The predicted octanol–water partition coefficient (Wildman–Crippen LogP) is 3.48. The van der Waals surface area contributed by atoms with Crippen LogP contribution in [0.4, 0.5) is 4.39 Å². The van der Waals surface area contributed by atoms with Crippen molar-refractivity contribution in [3.05, 3.63) is 53.2 Å². The summed E-state index contributed by atoms with van der Waals surface area (Å²) in [6.07, 6.45) is 1.69. The minimum atomic E-state index is -0.512. The Morgan fingerprint density at radius 3 is 2.86 bits per heavy atom. The average molecular weight is 301 g/mol. The van der Waals surface area contributed by atoms with E-state index < -0.39 is 5.82 Å². The number of halogens is 2. The maximum atomic E-state index is 14.3. The van der Waals surface area contributed by atoms with Crippen LogP contribution in [0.3, 0.4) is 0 Å². The molecule has 21 heavy (non-hydrogen) atoms. The van der Waals surface area contributed by atoms with E-state index in [1.807, 2.05) is 19.1 Å². The number of nitrogens with zero attached hydrogens (tertiary/aromatic N) is 4. The van der Waals surface area contributed by atoms with Gasteiger partial charge in [-0.2, -0.15) is 5.26 Å². The van der Waals surface area contributed by atoms with Crippen molar-refractivity contribution in [2.45, 2.75) is 12.8 Å². The van der Waals surface area contributed by atoms with Crippen LogP contribution in [0.5, 0.6) is 0 Å². The Bertz CT molecular complexity index is 879. The SMILES string of the molecule is Cc1cnc2c(c1)nc(CCl)n2-c1ccc(C#N)cc1F. The highest BCUT2D eigenvalue weighted by atomic mass is 35.5. The lowest BCUT2D eigenvalue weighted by molar-refractivity contribution is 0.617. The number of benzene rings is 1. The van der Waals surface area contributed by atoms with E-state index in [1.54, 1.807) is 16.8 Å². The van der Waals surface area contributed by atoms with Crippen molar-refractivity contribution in [3.63, 3.8) is 0 Å². The van der Waals surface area contributed by atoms with Crippen LogP contribution in [-0.2, 0) is 5.88 Å². The number of hydrogen-bond acceptors (Lipinski definition) is 3. The van der Waals surface area contributed by atoms with Crippen LogP contribution in [0, 0.1) is 24.1 Å². The molecular weight excluding hydrogens is 291 g/mol. The van der Waals surface area contributed by atoms with Crippen molar-refractivity contribution in [1.29, 1.82) is 5.26 Å². The summed E-state index contributed by atoms with van der Waals surface area (Å²) in [6.45, 7) is 1.91. The Kier molecular flexibility index (Phi) is 3.32. The Morgan fingerprint density at radius 1 is 1.38 bits per heavy atom. The van der Waals surface area contributed by atoms with Crippen LogP contribution in [0.15, 0.2) is 30.5 Å². The Morgan fingerprint density at radius 2 is 2.19 bits per heavy atom. The molecule has 0 fully saturated rings. The molecule has 0 N–H and O–H groups in total. The molecule has 0 atom stereocenters. The van der Waals surface area contributed by atoms with Gasteiger partial charge in [-0.3, -0.25) is 4.57 Å². The Labute approximate surface area is 125 Å². The molecule has 0 aliphatic carbocycles. The molecule has 6 heteroatoms. The van der Waals surface area contributed by atoms with E-state index in [2.05, 4.69) is 9.97 Å². The average Bonchev–Trinajstić information content (AvgIpc) is 2.84. The molecule has 0 unspecified atom stereocenters. The molecule has 4 nitrogen and oxygen atoms in total. The second-order valence-corrected chi connectivity index (χ2v) is 4.90. The summed E-state index contributed by atoms with van der Waals surface area (Å²) in [5.41, 5.74) is 2.71. The molecule has 0 radical (unpaired) electrons. The molecular formula is C15H10ClFN4. The summed E-state index contributed by atoms with van der Waals surface area (Å²) in [5, 5.41) is 8.82. The van der Waals surface area contributed by atoms with Gasteiger partial charge < -0.3 is 0 Å². The summed E-state index contributed by atoms with van der Waals surface area (Å²) in [7, 11) is 0. The van der Waals surface area contributed by atoms with Gasteiger partial charge in [-0.1, -0.05) is 0 Å². The van der Waals surface area contributed by atoms with Crippen molar-refractivity contribution in [2.75, 3.05) is 0 Å². The van der Waals surface area contributed by atoms with Crippen LogP contribution in [-0.4, -0.2) is 14.5 Å². The minimum Gasteiger partial charge on any atom is -0.277 e. The van der Waals surface area contributed by atoms with E-state index in [4.69, 9.17) is 16.9 Å². The van der Waals surface area contributed by atoms with Gasteiger partial charge in [0.2, 0.25) is 0 Å². The number of fused-ring (bicyclic) bond motifs is 1. The molecule has 2 heterocycles. The summed E-state index contributed by atoms with van der Waals surface area (Å²) >= 11 is 5.92. The molecule has 2 aromatic heterocycles.